The van der Waals surface area contributed by atoms with Crippen LogP contribution in [0.2, 0.25) is 0 Å². The molecular formula is C31H66N4O8S4. The van der Waals surface area contributed by atoms with Crippen molar-refractivity contribution in [2.75, 3.05) is 0 Å². The first-order valence-corrected chi connectivity index (χ1v) is 23.6. The summed E-state index contributed by atoms with van der Waals surface area (Å²) in [5, 5.41) is -0.476. The first-order chi connectivity index (χ1) is 21.4. The molecule has 0 bridgehead atoms. The normalized spacial score (nSPS) is 25.5. The highest BCUT2D eigenvalue weighted by molar-refractivity contribution is 7.91. The van der Waals surface area contributed by atoms with Crippen molar-refractivity contribution >= 4 is 40.1 Å². The second kappa shape index (κ2) is 19.3. The van der Waals surface area contributed by atoms with Crippen LogP contribution in [0.15, 0.2) is 0 Å². The van der Waals surface area contributed by atoms with Crippen LogP contribution in [0.25, 0.3) is 0 Å². The molecule has 0 heterocycles. The summed E-state index contributed by atoms with van der Waals surface area (Å²) in [6.07, 6.45) is 9.78. The highest BCUT2D eigenvalue weighted by atomic mass is 32.2. The van der Waals surface area contributed by atoms with Gasteiger partial charge in [0, 0.05) is 24.2 Å². The van der Waals surface area contributed by atoms with Gasteiger partial charge in [0.1, 0.15) is 0 Å². The van der Waals surface area contributed by atoms with Crippen LogP contribution < -0.4 is 18.9 Å². The molecule has 0 aromatic heterocycles. The topological polar surface area (TPSA) is 185 Å². The van der Waals surface area contributed by atoms with E-state index in [1.54, 1.807) is 0 Å². The Morgan fingerprint density at radius 1 is 0.383 bits per heavy atom. The van der Waals surface area contributed by atoms with E-state index < -0.39 is 40.1 Å². The maximum absolute atomic E-state index is 11.8. The molecule has 4 saturated carbocycles. The lowest BCUT2D eigenvalue weighted by Crippen LogP contribution is -2.44. The maximum Gasteiger partial charge on any atom is 0.214 e. The molecule has 12 nitrogen and oxygen atoms in total. The van der Waals surface area contributed by atoms with Crippen molar-refractivity contribution in [2.45, 2.75) is 185 Å². The highest BCUT2D eigenvalue weighted by Gasteiger charge is 2.37. The number of hydrogen-bond donors (Lipinski definition) is 4. The van der Waals surface area contributed by atoms with Crippen LogP contribution in [-0.2, 0) is 40.1 Å². The Hall–Kier alpha value is -0.360. The molecule has 0 saturated heterocycles. The van der Waals surface area contributed by atoms with Crippen molar-refractivity contribution in [3.8, 4) is 0 Å². The second-order valence-corrected chi connectivity index (χ2v) is 23.1. The van der Waals surface area contributed by atoms with Gasteiger partial charge >= 0.3 is 0 Å². The van der Waals surface area contributed by atoms with Gasteiger partial charge < -0.3 is 0 Å². The van der Waals surface area contributed by atoms with Crippen LogP contribution in [0.5, 0.6) is 0 Å². The predicted octanol–water partition coefficient (Wildman–Crippen LogP) is 4.35. The van der Waals surface area contributed by atoms with Gasteiger partial charge in [0.15, 0.2) is 0 Å². The zero-order chi connectivity index (χ0) is 36.4. The summed E-state index contributed by atoms with van der Waals surface area (Å²) in [6, 6.07) is 0.0939. The number of sulfonamides is 4. The largest absolute Gasteiger partial charge is 0.214 e. The smallest absolute Gasteiger partial charge is 0.212 e. The zero-order valence-corrected chi connectivity index (χ0v) is 33.7. The van der Waals surface area contributed by atoms with Crippen LogP contribution in [0.3, 0.4) is 0 Å². The van der Waals surface area contributed by atoms with Crippen molar-refractivity contribution in [3.05, 3.63) is 0 Å². The number of rotatable bonds is 12. The molecule has 4 aliphatic rings. The predicted molar refractivity (Wildman–Crippen MR) is 193 cm³/mol. The lowest BCUT2D eigenvalue weighted by molar-refractivity contribution is 0.341. The van der Waals surface area contributed by atoms with E-state index in [-0.39, 0.29) is 45.2 Å². The van der Waals surface area contributed by atoms with Gasteiger partial charge in [-0.05, 0) is 131 Å². The van der Waals surface area contributed by atoms with Crippen LogP contribution >= 0.6 is 0 Å². The maximum atomic E-state index is 11.8. The minimum absolute atomic E-state index is 0.0133. The third kappa shape index (κ3) is 17.4. The van der Waals surface area contributed by atoms with Gasteiger partial charge in [0.2, 0.25) is 40.1 Å². The van der Waals surface area contributed by atoms with Crippen molar-refractivity contribution in [1.29, 1.82) is 0 Å². The first-order valence-electron chi connectivity index (χ1n) is 17.4. The van der Waals surface area contributed by atoms with Gasteiger partial charge in [-0.3, -0.25) is 0 Å². The summed E-state index contributed by atoms with van der Waals surface area (Å²) in [5.41, 5.74) is 0. The molecule has 0 aliphatic heterocycles. The highest BCUT2D eigenvalue weighted by Crippen LogP contribution is 2.32. The Morgan fingerprint density at radius 2 is 0.638 bits per heavy atom. The third-order valence-corrected chi connectivity index (χ3v) is 16.7. The fourth-order valence-corrected chi connectivity index (χ4v) is 12.5. The van der Waals surface area contributed by atoms with E-state index in [1.165, 1.54) is 0 Å². The van der Waals surface area contributed by atoms with Crippen molar-refractivity contribution in [1.82, 2.24) is 18.9 Å². The van der Waals surface area contributed by atoms with Gasteiger partial charge in [-0.2, -0.15) is 0 Å². The van der Waals surface area contributed by atoms with Gasteiger partial charge in [0.25, 0.3) is 0 Å². The van der Waals surface area contributed by atoms with Gasteiger partial charge in [0.05, 0.1) is 21.0 Å². The third-order valence-electron chi connectivity index (χ3n) is 8.23. The van der Waals surface area contributed by atoms with Crippen LogP contribution in [0.1, 0.15) is 140 Å². The van der Waals surface area contributed by atoms with E-state index >= 15 is 0 Å². The molecule has 16 heteroatoms. The fraction of sp³-hybridized carbons (Fsp3) is 1.00. The SMILES string of the molecule is CC(C)NS(=O)(=O)C1CC1.CC(C)NS(=O)(=O)C1CCC1.CC1CC(S(=O)(=O)NC(C)C)C1.CC1CCC(S(=O)(=O)NC(C)C)CC1. The molecule has 282 valence electrons. The molecule has 4 rings (SSSR count). The standard InChI is InChI=1S/C10H21NO2S.C8H17NO2S.C7H15NO2S.C6H13NO2S/c1-8(2)11-14(12,13)10-6-4-9(3)5-7-10;1-6(2)9-12(10,11)8-4-7(3)5-8;1-6(2)8-11(9,10)7-4-3-5-7;1-5(2)7-10(8,9)6-3-4-6/h8-11H,4-7H2,1-3H3;6-9H,4-5H2,1-3H3;6-8H,3-5H2,1-2H3;5-7H,3-4H2,1-2H3. The minimum atomic E-state index is -3.06. The molecule has 0 amide bonds. The monoisotopic (exact) mass is 750 g/mol. The summed E-state index contributed by atoms with van der Waals surface area (Å²) < 4.78 is 102. The Morgan fingerprint density at radius 3 is 0.851 bits per heavy atom. The Labute approximate surface area is 288 Å². The molecule has 0 unspecified atom stereocenters. The molecular weight excluding hydrogens is 685 g/mol. The summed E-state index contributed by atoms with van der Waals surface area (Å²) in [7, 11) is -12.0. The number of nitrogens with one attached hydrogen (secondary N) is 4. The molecule has 47 heavy (non-hydrogen) atoms. The molecule has 4 N–H and O–H groups in total. The molecule has 4 fully saturated rings. The molecule has 4 aliphatic carbocycles. The molecule has 0 spiro atoms. The molecule has 0 atom stereocenters. The molecule has 0 aromatic rings. The van der Waals surface area contributed by atoms with Gasteiger partial charge in [-0.15, -0.1) is 0 Å². The lowest BCUT2D eigenvalue weighted by atomic mass is 9.87. The first kappa shape index (κ1) is 44.7. The van der Waals surface area contributed by atoms with E-state index in [9.17, 15) is 33.7 Å². The Bertz CT molecular complexity index is 1340. The summed E-state index contributed by atoms with van der Waals surface area (Å²) >= 11 is 0. The average molecular weight is 751 g/mol. The zero-order valence-electron chi connectivity index (χ0n) is 30.5. The number of hydrogen-bond acceptors (Lipinski definition) is 8. The van der Waals surface area contributed by atoms with Crippen LogP contribution in [-0.4, -0.2) is 78.8 Å². The fourth-order valence-electron chi connectivity index (χ4n) is 5.38. The van der Waals surface area contributed by atoms with Gasteiger partial charge in [-0.25, -0.2) is 52.6 Å². The van der Waals surface area contributed by atoms with E-state index in [4.69, 9.17) is 0 Å². The van der Waals surface area contributed by atoms with Crippen molar-refractivity contribution < 1.29 is 33.7 Å². The Balaban J connectivity index is 0.000000316. The molecule has 0 radical (unpaired) electrons. The lowest BCUT2D eigenvalue weighted by Gasteiger charge is -2.32. The van der Waals surface area contributed by atoms with E-state index in [0.717, 1.165) is 70.6 Å². The van der Waals surface area contributed by atoms with E-state index in [2.05, 4.69) is 32.7 Å². The Kier molecular flexibility index (Phi) is 18.3. The second-order valence-electron chi connectivity index (χ2n) is 15.1. The van der Waals surface area contributed by atoms with Gasteiger partial charge in [-0.1, -0.05) is 20.3 Å². The quantitative estimate of drug-likeness (QED) is 0.227. The van der Waals surface area contributed by atoms with Crippen LogP contribution in [0, 0.1) is 11.8 Å². The molecule has 0 aromatic carbocycles. The van der Waals surface area contributed by atoms with Crippen molar-refractivity contribution in [3.63, 3.8) is 0 Å². The van der Waals surface area contributed by atoms with E-state index in [0.29, 0.717) is 11.8 Å². The summed E-state index contributed by atoms with van der Waals surface area (Å²) in [6.45, 7) is 19.1. The summed E-state index contributed by atoms with van der Waals surface area (Å²) in [5.74, 6) is 1.28. The summed E-state index contributed by atoms with van der Waals surface area (Å²) in [4.78, 5) is 0. The minimum Gasteiger partial charge on any atom is -0.212 e. The van der Waals surface area contributed by atoms with E-state index in [1.807, 2.05) is 55.4 Å². The average Bonchev–Trinajstić information content (AvgIpc) is 3.65. The van der Waals surface area contributed by atoms with Crippen LogP contribution in [0.4, 0.5) is 0 Å². The van der Waals surface area contributed by atoms with Crippen molar-refractivity contribution in [2.24, 2.45) is 11.8 Å².